The number of carbonyl (C=O) groups is 2. The van der Waals surface area contributed by atoms with Gasteiger partial charge in [0.15, 0.2) is 17.4 Å². The first-order valence-corrected chi connectivity index (χ1v) is 18.1. The van der Waals surface area contributed by atoms with Gasteiger partial charge < -0.3 is 9.47 Å². The number of unbranched alkanes of at least 4 members (excludes halogenated alkanes) is 1. The number of aromatic nitrogens is 3. The lowest BCUT2D eigenvalue weighted by molar-refractivity contribution is -0.462. The van der Waals surface area contributed by atoms with Crippen molar-refractivity contribution in [3.8, 4) is 0 Å². The molecule has 12 heteroatoms. The number of fused-ring (bicyclic) bond motifs is 6. The van der Waals surface area contributed by atoms with Crippen molar-refractivity contribution in [3.63, 3.8) is 0 Å². The van der Waals surface area contributed by atoms with Gasteiger partial charge in [0.25, 0.3) is 0 Å². The highest BCUT2D eigenvalue weighted by Gasteiger charge is 2.65. The van der Waals surface area contributed by atoms with E-state index in [-0.39, 0.29) is 29.5 Å². The molecular formula is C35H43N8O4+. The second-order valence-corrected chi connectivity index (χ2v) is 15.4. The number of carbonyl (C=O) groups excluding carboxylic acids is 2. The van der Waals surface area contributed by atoms with Crippen molar-refractivity contribution in [1.29, 1.82) is 0 Å². The van der Waals surface area contributed by atoms with E-state index in [1.807, 2.05) is 4.68 Å². The molecule has 8 heterocycles. The first-order chi connectivity index (χ1) is 23.0. The number of piperidine rings is 2. The topological polar surface area (TPSA) is 118 Å². The number of allylic oxidation sites excluding steroid dienone is 1. The molecule has 8 atom stereocenters. The highest BCUT2D eigenvalue weighted by Crippen LogP contribution is 2.57. The van der Waals surface area contributed by atoms with E-state index in [9.17, 15) is 9.59 Å². The Morgan fingerprint density at radius 1 is 0.851 bits per heavy atom. The summed E-state index contributed by atoms with van der Waals surface area (Å²) in [6.45, 7) is 2.15. The Balaban J connectivity index is 0.769. The van der Waals surface area contributed by atoms with Gasteiger partial charge in [-0.2, -0.15) is 0 Å². The minimum atomic E-state index is -0.403. The van der Waals surface area contributed by atoms with E-state index in [1.54, 1.807) is 12.2 Å². The standard InChI is InChI=1S/C35H43N8O4/c44-32-15-23-13-22(28-17-34(23,46-32)30-9-3-5-11-41(28)30)19-40-20-25(36-38-40)7-1-2-8-26-21-43(39-37-26)27-14-24-16-33(45)47-35(24)18-29(27)42-12-6-4-10-31(35)42/h15-16,19-22,27-31H,1-14,17-18H2/q+1/b40-19-/t22?,27-,28-,29-,30+,31?,34-,35-/m0/s1. The summed E-state index contributed by atoms with van der Waals surface area (Å²) in [5, 5.41) is 18.1. The maximum Gasteiger partial charge on any atom is 0.331 e. The summed E-state index contributed by atoms with van der Waals surface area (Å²) in [6.07, 6.45) is 24.1. The Bertz CT molecular complexity index is 1690. The summed E-state index contributed by atoms with van der Waals surface area (Å²) in [6, 6.07) is 1.51. The van der Waals surface area contributed by atoms with Gasteiger partial charge in [-0.15, -0.1) is 9.78 Å². The van der Waals surface area contributed by atoms with Crippen LogP contribution in [-0.4, -0.2) is 96.1 Å². The van der Waals surface area contributed by atoms with Gasteiger partial charge in [-0.3, -0.25) is 9.80 Å². The van der Waals surface area contributed by atoms with Crippen LogP contribution in [0.2, 0.25) is 0 Å². The molecule has 0 radical (unpaired) electrons. The van der Waals surface area contributed by atoms with Crippen molar-refractivity contribution in [2.75, 3.05) is 13.1 Å². The third-order valence-corrected chi connectivity index (χ3v) is 13.0. The van der Waals surface area contributed by atoms with Crippen LogP contribution in [0, 0.1) is 5.92 Å². The third kappa shape index (κ3) is 4.29. The second kappa shape index (κ2) is 10.5. The first kappa shape index (κ1) is 28.5. The summed E-state index contributed by atoms with van der Waals surface area (Å²) < 4.78 is 16.0. The molecule has 2 unspecified atom stereocenters. The number of ether oxygens (including phenoxy) is 2. The molecule has 1 aromatic heterocycles. The molecule has 2 saturated carbocycles. The van der Waals surface area contributed by atoms with Crippen molar-refractivity contribution < 1.29 is 23.7 Å². The maximum atomic E-state index is 12.4. The van der Waals surface area contributed by atoms with Crippen molar-refractivity contribution in [3.05, 3.63) is 47.1 Å². The van der Waals surface area contributed by atoms with E-state index in [4.69, 9.17) is 9.47 Å². The number of aryl methyl sites for hydroxylation is 1. The molecule has 9 aliphatic rings. The smallest absolute Gasteiger partial charge is 0.331 e. The van der Waals surface area contributed by atoms with E-state index < -0.39 is 5.60 Å². The Kier molecular flexibility index (Phi) is 6.36. The van der Waals surface area contributed by atoms with Crippen LogP contribution >= 0.6 is 0 Å². The highest BCUT2D eigenvalue weighted by molar-refractivity contribution is 5.88. The molecule has 7 aliphatic heterocycles. The Morgan fingerprint density at radius 3 is 2.30 bits per heavy atom. The fourth-order valence-electron chi connectivity index (χ4n) is 11.1. The van der Waals surface area contributed by atoms with Gasteiger partial charge in [-0.1, -0.05) is 18.1 Å². The second-order valence-electron chi connectivity index (χ2n) is 15.4. The maximum absolute atomic E-state index is 12.4. The van der Waals surface area contributed by atoms with Crippen molar-refractivity contribution in [1.82, 2.24) is 24.8 Å². The number of rotatable bonds is 7. The molecule has 4 saturated heterocycles. The third-order valence-electron chi connectivity index (χ3n) is 13.0. The quantitative estimate of drug-likeness (QED) is 0.250. The van der Waals surface area contributed by atoms with Gasteiger partial charge in [-0.05, 0) is 82.0 Å². The average molecular weight is 640 g/mol. The molecular weight excluding hydrogens is 596 g/mol. The molecule has 0 N–H and O–H groups in total. The van der Waals surface area contributed by atoms with Crippen LogP contribution < -0.4 is 0 Å². The van der Waals surface area contributed by atoms with Crippen LogP contribution in [0.4, 0.5) is 0 Å². The van der Waals surface area contributed by atoms with E-state index in [1.165, 1.54) is 31.3 Å². The zero-order valence-electron chi connectivity index (χ0n) is 26.9. The molecule has 12 nitrogen and oxygen atoms in total. The minimum Gasteiger partial charge on any atom is -0.450 e. The lowest BCUT2D eigenvalue weighted by Gasteiger charge is -2.38. The number of nitrogens with zero attached hydrogens (tertiary/aromatic N) is 8. The average Bonchev–Trinajstić information content (AvgIpc) is 3.92. The SMILES string of the molecule is O=C1C=C2C[C@H](n3cc(CCCCC4=C/[N+](=C/C5CC6=CC(=O)O[C@@]67C[C@@H]5N5CCCC[C@@H]57)N=N4)nn3)[C@@H]3C[C@@]2(O1)C1CCCCN13. The molecule has 1 aromatic rings. The Labute approximate surface area is 274 Å². The molecule has 0 amide bonds. The zero-order valence-corrected chi connectivity index (χ0v) is 26.9. The summed E-state index contributed by atoms with van der Waals surface area (Å²) in [7, 11) is 0. The number of hydrogen-bond acceptors (Lipinski definition) is 10. The van der Waals surface area contributed by atoms with Crippen LogP contribution in [0.5, 0.6) is 0 Å². The zero-order chi connectivity index (χ0) is 31.3. The summed E-state index contributed by atoms with van der Waals surface area (Å²) in [4.78, 5) is 30.0. The van der Waals surface area contributed by atoms with Crippen LogP contribution in [0.1, 0.15) is 95.2 Å². The monoisotopic (exact) mass is 639 g/mol. The summed E-state index contributed by atoms with van der Waals surface area (Å²) >= 11 is 0. The van der Waals surface area contributed by atoms with Crippen molar-refractivity contribution >= 4 is 18.2 Å². The Hall–Kier alpha value is -3.51. The van der Waals surface area contributed by atoms with Gasteiger partial charge >= 0.3 is 11.9 Å². The van der Waals surface area contributed by atoms with Gasteiger partial charge in [0.2, 0.25) is 5.70 Å². The van der Waals surface area contributed by atoms with Crippen molar-refractivity contribution in [2.45, 2.75) is 131 Å². The van der Waals surface area contributed by atoms with Gasteiger partial charge in [-0.25, -0.2) is 14.3 Å². The minimum absolute atomic E-state index is 0.165. The van der Waals surface area contributed by atoms with E-state index >= 15 is 0 Å². The van der Waals surface area contributed by atoms with Gasteiger partial charge in [0.05, 0.1) is 28.9 Å². The number of esters is 2. The fourth-order valence-corrected chi connectivity index (χ4v) is 11.1. The van der Waals surface area contributed by atoms with Gasteiger partial charge in [0, 0.05) is 55.6 Å². The number of hydrogen-bond donors (Lipinski definition) is 0. The fraction of sp³-hybridized carbons (Fsp3) is 0.686. The largest absolute Gasteiger partial charge is 0.450 e. The summed E-state index contributed by atoms with van der Waals surface area (Å²) in [5.41, 5.74) is 3.58. The van der Waals surface area contributed by atoms with Crippen molar-refractivity contribution in [2.24, 2.45) is 16.3 Å². The summed E-state index contributed by atoms with van der Waals surface area (Å²) in [5.74, 6) is -0.0536. The van der Waals surface area contributed by atoms with Crippen LogP contribution in [0.3, 0.4) is 0 Å². The van der Waals surface area contributed by atoms with Crippen LogP contribution in [0.25, 0.3) is 0 Å². The molecule has 0 aromatic carbocycles. The van der Waals surface area contributed by atoms with E-state index in [0.717, 1.165) is 94.3 Å². The molecule has 2 aliphatic carbocycles. The predicted molar refractivity (Wildman–Crippen MR) is 168 cm³/mol. The van der Waals surface area contributed by atoms with E-state index in [2.05, 4.69) is 53.7 Å². The molecule has 47 heavy (non-hydrogen) atoms. The molecule has 4 bridgehead atoms. The molecule has 2 spiro atoms. The highest BCUT2D eigenvalue weighted by atomic mass is 16.6. The predicted octanol–water partition coefficient (Wildman–Crippen LogP) is 3.96. The van der Waals surface area contributed by atoms with Gasteiger partial charge in [0.1, 0.15) is 11.4 Å². The normalized spacial score (nSPS) is 40.9. The van der Waals surface area contributed by atoms with Crippen LogP contribution in [0.15, 0.2) is 51.7 Å². The Morgan fingerprint density at radius 2 is 1.53 bits per heavy atom. The van der Waals surface area contributed by atoms with Crippen LogP contribution in [-0.2, 0) is 25.5 Å². The molecule has 246 valence electrons. The lowest BCUT2D eigenvalue weighted by Crippen LogP contribution is -2.48. The molecule has 10 rings (SSSR count). The molecule has 6 fully saturated rings. The van der Waals surface area contributed by atoms with E-state index in [0.29, 0.717) is 24.2 Å². The first-order valence-electron chi connectivity index (χ1n) is 18.1. The lowest BCUT2D eigenvalue weighted by atomic mass is 9.73.